The summed E-state index contributed by atoms with van der Waals surface area (Å²) in [5.74, 6) is 1.17. The molecule has 0 unspecified atom stereocenters. The minimum absolute atomic E-state index is 0.210. The highest BCUT2D eigenvalue weighted by Crippen LogP contribution is 2.26. The molecule has 0 aromatic carbocycles. The Morgan fingerprint density at radius 3 is 2.94 bits per heavy atom. The molecule has 0 spiro atoms. The summed E-state index contributed by atoms with van der Waals surface area (Å²) in [5, 5.41) is 7.07. The van der Waals surface area contributed by atoms with Crippen molar-refractivity contribution in [3.63, 3.8) is 0 Å². The summed E-state index contributed by atoms with van der Waals surface area (Å²) >= 11 is 0. The Hall–Kier alpha value is -4.01. The van der Waals surface area contributed by atoms with E-state index in [1.807, 2.05) is 37.3 Å². The standard InChI is InChI=1S/C25H27N7O2/c1-16-21(18-8-10-32-22(12-18)30-25(26)31-32)11-20(14-28-16)23(33)29-13-19-7-4-9-27-24(19)34-15-17-5-2-3-6-17/h4,7-12,14,17H,2-3,5-6,13,15H2,1H3,(H2,26,31)(H,29,33). The van der Waals surface area contributed by atoms with Crippen LogP contribution in [0.25, 0.3) is 16.8 Å². The molecule has 1 aliphatic rings. The highest BCUT2D eigenvalue weighted by molar-refractivity contribution is 5.95. The Kier molecular flexibility index (Phi) is 6.07. The van der Waals surface area contributed by atoms with Gasteiger partial charge in [0.2, 0.25) is 11.8 Å². The van der Waals surface area contributed by atoms with Gasteiger partial charge in [-0.3, -0.25) is 9.78 Å². The highest BCUT2D eigenvalue weighted by Gasteiger charge is 2.17. The van der Waals surface area contributed by atoms with Crippen molar-refractivity contribution in [3.8, 4) is 17.0 Å². The summed E-state index contributed by atoms with van der Waals surface area (Å²) in [6.45, 7) is 2.90. The zero-order valence-corrected chi connectivity index (χ0v) is 19.1. The fourth-order valence-electron chi connectivity index (χ4n) is 4.36. The van der Waals surface area contributed by atoms with E-state index in [2.05, 4.69) is 25.4 Å². The number of hydrogen-bond acceptors (Lipinski definition) is 7. The average Bonchev–Trinajstić information content (AvgIpc) is 3.50. The Morgan fingerprint density at radius 1 is 1.24 bits per heavy atom. The number of carbonyl (C=O) groups is 1. The number of nitrogens with two attached hydrogens (primary N) is 1. The summed E-state index contributed by atoms with van der Waals surface area (Å²) in [7, 11) is 0. The van der Waals surface area contributed by atoms with Crippen molar-refractivity contribution in [1.82, 2.24) is 29.9 Å². The first-order chi connectivity index (χ1) is 16.6. The molecule has 5 rings (SSSR count). The lowest BCUT2D eigenvalue weighted by molar-refractivity contribution is 0.0950. The third-order valence-corrected chi connectivity index (χ3v) is 6.23. The van der Waals surface area contributed by atoms with E-state index in [0.717, 1.165) is 22.4 Å². The van der Waals surface area contributed by atoms with Gasteiger partial charge in [-0.15, -0.1) is 5.10 Å². The molecule has 34 heavy (non-hydrogen) atoms. The molecule has 1 fully saturated rings. The second-order valence-electron chi connectivity index (χ2n) is 8.66. The van der Waals surface area contributed by atoms with Gasteiger partial charge in [0.1, 0.15) is 0 Å². The van der Waals surface area contributed by atoms with Crippen LogP contribution in [0.1, 0.15) is 47.3 Å². The number of hydrogen-bond donors (Lipinski definition) is 2. The molecule has 4 aromatic heterocycles. The van der Waals surface area contributed by atoms with E-state index in [1.54, 1.807) is 23.1 Å². The van der Waals surface area contributed by atoms with Crippen LogP contribution in [0.2, 0.25) is 0 Å². The number of fused-ring (bicyclic) bond motifs is 1. The van der Waals surface area contributed by atoms with Crippen molar-refractivity contribution in [3.05, 3.63) is 65.7 Å². The summed E-state index contributed by atoms with van der Waals surface area (Å²) in [6.07, 6.45) is 10.0. The molecule has 1 aliphatic carbocycles. The maximum absolute atomic E-state index is 13.0. The number of amides is 1. The molecule has 0 atom stereocenters. The summed E-state index contributed by atoms with van der Waals surface area (Å²) in [4.78, 5) is 26.0. The fourth-order valence-corrected chi connectivity index (χ4v) is 4.36. The zero-order chi connectivity index (χ0) is 23.5. The maximum Gasteiger partial charge on any atom is 0.253 e. The Bertz CT molecular complexity index is 1330. The van der Waals surface area contributed by atoms with Crippen LogP contribution in [0.4, 0.5) is 5.95 Å². The smallest absolute Gasteiger partial charge is 0.253 e. The monoisotopic (exact) mass is 457 g/mol. The van der Waals surface area contributed by atoms with Crippen LogP contribution in [0.5, 0.6) is 5.88 Å². The van der Waals surface area contributed by atoms with E-state index in [9.17, 15) is 4.79 Å². The van der Waals surface area contributed by atoms with Crippen LogP contribution < -0.4 is 15.8 Å². The van der Waals surface area contributed by atoms with E-state index >= 15 is 0 Å². The molecule has 0 aliphatic heterocycles. The van der Waals surface area contributed by atoms with Gasteiger partial charge < -0.3 is 15.8 Å². The van der Waals surface area contributed by atoms with Crippen LogP contribution in [-0.4, -0.2) is 37.1 Å². The number of anilines is 1. The molecular weight excluding hydrogens is 430 g/mol. The van der Waals surface area contributed by atoms with Crippen LogP contribution in [0.15, 0.2) is 48.9 Å². The number of aryl methyl sites for hydroxylation is 1. The fraction of sp³-hybridized carbons (Fsp3) is 0.320. The van der Waals surface area contributed by atoms with Gasteiger partial charge in [0.15, 0.2) is 5.65 Å². The molecule has 3 N–H and O–H groups in total. The largest absolute Gasteiger partial charge is 0.477 e. The van der Waals surface area contributed by atoms with Gasteiger partial charge in [-0.05, 0) is 55.5 Å². The summed E-state index contributed by atoms with van der Waals surface area (Å²) in [6, 6.07) is 9.39. The Balaban J connectivity index is 1.30. The van der Waals surface area contributed by atoms with Gasteiger partial charge >= 0.3 is 0 Å². The predicted molar refractivity (Wildman–Crippen MR) is 128 cm³/mol. The highest BCUT2D eigenvalue weighted by atomic mass is 16.5. The van der Waals surface area contributed by atoms with Crippen LogP contribution in [0, 0.1) is 12.8 Å². The second-order valence-corrected chi connectivity index (χ2v) is 8.66. The van der Waals surface area contributed by atoms with Gasteiger partial charge in [0, 0.05) is 42.0 Å². The third-order valence-electron chi connectivity index (χ3n) is 6.23. The van der Waals surface area contributed by atoms with Gasteiger partial charge in [0.25, 0.3) is 5.91 Å². The number of pyridine rings is 3. The molecule has 9 nitrogen and oxygen atoms in total. The first kappa shape index (κ1) is 21.8. The van der Waals surface area contributed by atoms with Crippen molar-refractivity contribution in [1.29, 1.82) is 0 Å². The van der Waals surface area contributed by atoms with Crippen molar-refractivity contribution >= 4 is 17.5 Å². The van der Waals surface area contributed by atoms with E-state index < -0.39 is 0 Å². The molecule has 0 radical (unpaired) electrons. The molecular formula is C25H27N7O2. The molecule has 0 bridgehead atoms. The van der Waals surface area contributed by atoms with E-state index in [4.69, 9.17) is 10.5 Å². The third kappa shape index (κ3) is 4.68. The number of ether oxygens (including phenoxy) is 1. The second kappa shape index (κ2) is 9.46. The predicted octanol–water partition coefficient (Wildman–Crippen LogP) is 3.58. The number of nitrogen functional groups attached to an aromatic ring is 1. The number of rotatable bonds is 7. The maximum atomic E-state index is 13.0. The van der Waals surface area contributed by atoms with Gasteiger partial charge in [-0.2, -0.15) is 4.98 Å². The van der Waals surface area contributed by atoms with Gasteiger partial charge in [-0.1, -0.05) is 18.9 Å². The lowest BCUT2D eigenvalue weighted by Crippen LogP contribution is -2.24. The SMILES string of the molecule is Cc1ncc(C(=O)NCc2cccnc2OCC2CCCC2)cc1-c1ccn2nc(N)nc2c1. The van der Waals surface area contributed by atoms with Crippen LogP contribution >= 0.6 is 0 Å². The molecule has 9 heteroatoms. The minimum Gasteiger partial charge on any atom is -0.477 e. The first-order valence-corrected chi connectivity index (χ1v) is 11.5. The Morgan fingerprint density at radius 2 is 2.09 bits per heavy atom. The first-order valence-electron chi connectivity index (χ1n) is 11.5. The summed E-state index contributed by atoms with van der Waals surface area (Å²) < 4.78 is 7.60. The van der Waals surface area contributed by atoms with Crippen LogP contribution in [-0.2, 0) is 6.54 Å². The number of nitrogens with one attached hydrogen (secondary N) is 1. The number of carbonyl (C=O) groups excluding carboxylic acids is 1. The number of aromatic nitrogens is 5. The molecule has 4 heterocycles. The molecule has 0 saturated heterocycles. The summed E-state index contributed by atoms with van der Waals surface area (Å²) in [5.41, 5.74) is 10.2. The van der Waals surface area contributed by atoms with Crippen molar-refractivity contribution in [2.75, 3.05) is 12.3 Å². The Labute approximate surface area is 197 Å². The van der Waals surface area contributed by atoms with Crippen LogP contribution in [0.3, 0.4) is 0 Å². The van der Waals surface area contributed by atoms with E-state index in [0.29, 0.717) is 36.2 Å². The quantitative estimate of drug-likeness (QED) is 0.435. The van der Waals surface area contributed by atoms with Crippen molar-refractivity contribution in [2.24, 2.45) is 5.92 Å². The molecule has 174 valence electrons. The minimum atomic E-state index is -0.216. The normalized spacial score (nSPS) is 13.9. The lowest BCUT2D eigenvalue weighted by Gasteiger charge is -2.14. The number of nitrogens with zero attached hydrogens (tertiary/aromatic N) is 5. The molecule has 1 amide bonds. The average molecular weight is 458 g/mol. The van der Waals surface area contributed by atoms with Gasteiger partial charge in [0.05, 0.1) is 12.2 Å². The van der Waals surface area contributed by atoms with Crippen molar-refractivity contribution < 1.29 is 9.53 Å². The van der Waals surface area contributed by atoms with E-state index in [1.165, 1.54) is 25.7 Å². The lowest BCUT2D eigenvalue weighted by atomic mass is 10.0. The van der Waals surface area contributed by atoms with Gasteiger partial charge in [-0.25, -0.2) is 9.50 Å². The zero-order valence-electron chi connectivity index (χ0n) is 19.1. The molecule has 4 aromatic rings. The topological polar surface area (TPSA) is 120 Å². The molecule has 1 saturated carbocycles. The van der Waals surface area contributed by atoms with Crippen molar-refractivity contribution in [2.45, 2.75) is 39.2 Å². The van der Waals surface area contributed by atoms with E-state index in [-0.39, 0.29) is 11.9 Å².